The lowest BCUT2D eigenvalue weighted by Gasteiger charge is -2.34. The fourth-order valence-electron chi connectivity index (χ4n) is 3.75. The molecule has 27 heavy (non-hydrogen) atoms. The number of carbonyl (C=O) groups is 1. The highest BCUT2D eigenvalue weighted by molar-refractivity contribution is 5.83. The van der Waals surface area contributed by atoms with Crippen LogP contribution in [0.4, 0.5) is 0 Å². The first kappa shape index (κ1) is 18.0. The summed E-state index contributed by atoms with van der Waals surface area (Å²) in [6.07, 6.45) is 1.71. The van der Waals surface area contributed by atoms with Crippen molar-refractivity contribution in [3.63, 3.8) is 0 Å². The van der Waals surface area contributed by atoms with Gasteiger partial charge in [0.05, 0.1) is 13.7 Å². The standard InChI is InChI=1S/C20H26N4O3/c1-3-19-21-18(22-27-19)13-23-8-10-24(11-9-23)20(25)17-12-16(17)14-4-6-15(26-2)7-5-14/h4-7,16-17H,3,8-13H2,1-2H3. The van der Waals surface area contributed by atoms with E-state index in [0.717, 1.165) is 50.6 Å². The molecule has 7 heteroatoms. The van der Waals surface area contributed by atoms with Gasteiger partial charge in [-0.2, -0.15) is 4.98 Å². The van der Waals surface area contributed by atoms with E-state index in [-0.39, 0.29) is 5.92 Å². The molecule has 1 aromatic carbocycles. The second kappa shape index (κ2) is 7.68. The lowest BCUT2D eigenvalue weighted by Crippen LogP contribution is -2.49. The summed E-state index contributed by atoms with van der Waals surface area (Å²) in [6.45, 7) is 5.91. The lowest BCUT2D eigenvalue weighted by molar-refractivity contribution is -0.134. The maximum absolute atomic E-state index is 12.8. The van der Waals surface area contributed by atoms with E-state index in [4.69, 9.17) is 9.26 Å². The molecule has 1 saturated heterocycles. The highest BCUT2D eigenvalue weighted by Gasteiger charge is 2.46. The van der Waals surface area contributed by atoms with Crippen LogP contribution in [0.5, 0.6) is 5.75 Å². The van der Waals surface area contributed by atoms with Crippen molar-refractivity contribution in [2.24, 2.45) is 5.92 Å². The summed E-state index contributed by atoms with van der Waals surface area (Å²) >= 11 is 0. The minimum atomic E-state index is 0.134. The summed E-state index contributed by atoms with van der Waals surface area (Å²) < 4.78 is 10.4. The van der Waals surface area contributed by atoms with Crippen molar-refractivity contribution >= 4 is 5.91 Å². The smallest absolute Gasteiger partial charge is 0.226 e. The number of carbonyl (C=O) groups excluding carboxylic acids is 1. The van der Waals surface area contributed by atoms with Gasteiger partial charge in [-0.25, -0.2) is 0 Å². The molecule has 2 heterocycles. The first-order valence-corrected chi connectivity index (χ1v) is 9.64. The molecule has 1 saturated carbocycles. The second-order valence-corrected chi connectivity index (χ2v) is 7.28. The highest BCUT2D eigenvalue weighted by Crippen LogP contribution is 2.48. The van der Waals surface area contributed by atoms with Gasteiger partial charge in [0.15, 0.2) is 5.82 Å². The summed E-state index contributed by atoms with van der Waals surface area (Å²) in [6, 6.07) is 8.08. The molecule has 2 aromatic rings. The zero-order chi connectivity index (χ0) is 18.8. The SMILES string of the molecule is CCc1nc(CN2CCN(C(=O)C3CC3c3ccc(OC)cc3)CC2)no1. The fraction of sp³-hybridized carbons (Fsp3) is 0.550. The number of hydrogen-bond acceptors (Lipinski definition) is 6. The Kier molecular flexibility index (Phi) is 5.11. The normalized spacial score (nSPS) is 22.7. The average Bonchev–Trinajstić information content (AvgIpc) is 3.39. The largest absolute Gasteiger partial charge is 0.497 e. The average molecular weight is 370 g/mol. The van der Waals surface area contributed by atoms with Crippen LogP contribution in [0, 0.1) is 5.92 Å². The van der Waals surface area contributed by atoms with Crippen LogP contribution in [0.3, 0.4) is 0 Å². The van der Waals surface area contributed by atoms with Crippen LogP contribution in [-0.2, 0) is 17.8 Å². The predicted octanol–water partition coefficient (Wildman–Crippen LogP) is 2.09. The van der Waals surface area contributed by atoms with E-state index in [1.54, 1.807) is 7.11 Å². The van der Waals surface area contributed by atoms with E-state index in [1.807, 2.05) is 24.0 Å². The molecule has 7 nitrogen and oxygen atoms in total. The van der Waals surface area contributed by atoms with Crippen molar-refractivity contribution in [2.45, 2.75) is 32.2 Å². The molecule has 1 aliphatic carbocycles. The lowest BCUT2D eigenvalue weighted by atomic mass is 10.1. The number of methoxy groups -OCH3 is 1. The Morgan fingerprint density at radius 2 is 1.96 bits per heavy atom. The van der Waals surface area contributed by atoms with Crippen LogP contribution >= 0.6 is 0 Å². The van der Waals surface area contributed by atoms with Gasteiger partial charge >= 0.3 is 0 Å². The van der Waals surface area contributed by atoms with Gasteiger partial charge in [0.2, 0.25) is 11.8 Å². The van der Waals surface area contributed by atoms with Crippen molar-refractivity contribution in [3.05, 3.63) is 41.5 Å². The minimum absolute atomic E-state index is 0.134. The van der Waals surface area contributed by atoms with E-state index in [9.17, 15) is 4.79 Å². The third-order valence-corrected chi connectivity index (χ3v) is 5.51. The molecule has 2 atom stereocenters. The van der Waals surface area contributed by atoms with Gasteiger partial charge in [0, 0.05) is 38.5 Å². The van der Waals surface area contributed by atoms with Gasteiger partial charge in [-0.15, -0.1) is 0 Å². The number of aryl methyl sites for hydroxylation is 1. The molecule has 0 radical (unpaired) electrons. The Bertz CT molecular complexity index is 781. The Morgan fingerprint density at radius 1 is 1.22 bits per heavy atom. The van der Waals surface area contributed by atoms with E-state index in [1.165, 1.54) is 5.56 Å². The second-order valence-electron chi connectivity index (χ2n) is 7.28. The molecular formula is C20H26N4O3. The van der Waals surface area contributed by atoms with Crippen molar-refractivity contribution in [1.29, 1.82) is 0 Å². The maximum atomic E-state index is 12.8. The van der Waals surface area contributed by atoms with Gasteiger partial charge in [-0.05, 0) is 30.0 Å². The Hall–Kier alpha value is -2.41. The molecular weight excluding hydrogens is 344 g/mol. The van der Waals surface area contributed by atoms with Crippen LogP contribution in [0.1, 0.15) is 36.5 Å². The molecule has 1 amide bonds. The van der Waals surface area contributed by atoms with Crippen LogP contribution < -0.4 is 4.74 Å². The minimum Gasteiger partial charge on any atom is -0.497 e. The van der Waals surface area contributed by atoms with Gasteiger partial charge < -0.3 is 14.2 Å². The van der Waals surface area contributed by atoms with Gasteiger partial charge in [0.1, 0.15) is 5.75 Å². The first-order valence-electron chi connectivity index (χ1n) is 9.64. The summed E-state index contributed by atoms with van der Waals surface area (Å²) in [7, 11) is 1.67. The van der Waals surface area contributed by atoms with Gasteiger partial charge in [-0.1, -0.05) is 24.2 Å². The molecule has 0 bridgehead atoms. The summed E-state index contributed by atoms with van der Waals surface area (Å²) in [5, 5.41) is 4.01. The fourth-order valence-corrected chi connectivity index (χ4v) is 3.75. The molecule has 0 spiro atoms. The van der Waals surface area contributed by atoms with Crippen LogP contribution in [-0.4, -0.2) is 59.1 Å². The van der Waals surface area contributed by atoms with Crippen LogP contribution in [0.25, 0.3) is 0 Å². The van der Waals surface area contributed by atoms with Crippen LogP contribution in [0.2, 0.25) is 0 Å². The van der Waals surface area contributed by atoms with Crippen molar-refractivity contribution in [2.75, 3.05) is 33.3 Å². The molecule has 2 fully saturated rings. The Balaban J connectivity index is 1.26. The van der Waals surface area contributed by atoms with E-state index < -0.39 is 0 Å². The third kappa shape index (κ3) is 3.98. The monoisotopic (exact) mass is 370 g/mol. The molecule has 0 N–H and O–H groups in total. The molecule has 4 rings (SSSR count). The molecule has 2 unspecified atom stereocenters. The quantitative estimate of drug-likeness (QED) is 0.775. The first-order chi connectivity index (χ1) is 13.2. The maximum Gasteiger partial charge on any atom is 0.226 e. The van der Waals surface area contributed by atoms with E-state index in [0.29, 0.717) is 24.3 Å². The van der Waals surface area contributed by atoms with Crippen molar-refractivity contribution in [3.8, 4) is 5.75 Å². The van der Waals surface area contributed by atoms with Gasteiger partial charge in [0.25, 0.3) is 0 Å². The number of nitrogens with zero attached hydrogens (tertiary/aromatic N) is 4. The number of hydrogen-bond donors (Lipinski definition) is 0. The van der Waals surface area contributed by atoms with Crippen molar-refractivity contribution < 1.29 is 14.1 Å². The molecule has 2 aliphatic rings. The Labute approximate surface area is 159 Å². The zero-order valence-electron chi connectivity index (χ0n) is 15.9. The number of benzene rings is 1. The predicted molar refractivity (Wildman–Crippen MR) is 99.4 cm³/mol. The van der Waals surface area contributed by atoms with E-state index >= 15 is 0 Å². The Morgan fingerprint density at radius 3 is 2.59 bits per heavy atom. The number of aromatic nitrogens is 2. The number of piperazine rings is 1. The van der Waals surface area contributed by atoms with E-state index in [2.05, 4.69) is 27.2 Å². The summed E-state index contributed by atoms with van der Waals surface area (Å²) in [4.78, 5) is 21.5. The van der Waals surface area contributed by atoms with Crippen molar-refractivity contribution in [1.82, 2.24) is 19.9 Å². The zero-order valence-corrected chi connectivity index (χ0v) is 15.9. The topological polar surface area (TPSA) is 71.7 Å². The summed E-state index contributed by atoms with van der Waals surface area (Å²) in [5.41, 5.74) is 1.23. The molecule has 1 aliphatic heterocycles. The number of rotatable bonds is 6. The molecule has 1 aromatic heterocycles. The van der Waals surface area contributed by atoms with Gasteiger partial charge in [-0.3, -0.25) is 9.69 Å². The third-order valence-electron chi connectivity index (χ3n) is 5.51. The highest BCUT2D eigenvalue weighted by atomic mass is 16.5. The number of amides is 1. The number of ether oxygens (including phenoxy) is 1. The summed E-state index contributed by atoms with van der Waals surface area (Å²) in [5.74, 6) is 3.04. The molecule has 144 valence electrons. The van der Waals surface area contributed by atoms with Crippen LogP contribution in [0.15, 0.2) is 28.8 Å².